The van der Waals surface area contributed by atoms with Crippen LogP contribution in [0.4, 0.5) is 5.82 Å². The van der Waals surface area contributed by atoms with Crippen LogP contribution in [0, 0.1) is 0 Å². The number of nitrogens with two attached hydrogens (primary N) is 1. The van der Waals surface area contributed by atoms with E-state index in [1.165, 1.54) is 16.5 Å². The first-order chi connectivity index (χ1) is 14.3. The van der Waals surface area contributed by atoms with Gasteiger partial charge in [0.15, 0.2) is 0 Å². The molecule has 1 unspecified atom stereocenters. The van der Waals surface area contributed by atoms with E-state index < -0.39 is 0 Å². The third-order valence-electron chi connectivity index (χ3n) is 6.19. The van der Waals surface area contributed by atoms with Crippen molar-refractivity contribution in [3.63, 3.8) is 0 Å². The molecular formula is C24H21N5. The van der Waals surface area contributed by atoms with Gasteiger partial charge >= 0.3 is 0 Å². The maximum atomic E-state index is 6.35. The van der Waals surface area contributed by atoms with Crippen molar-refractivity contribution in [2.45, 2.75) is 25.3 Å². The SMILES string of the molecule is Nc1ncnc2c1c(-n1ccc3ccccc31)cn2C1CCc2ccccc2C1. The number of fused-ring (bicyclic) bond motifs is 3. The van der Waals surface area contributed by atoms with E-state index in [1.54, 1.807) is 6.33 Å². The first-order valence-electron chi connectivity index (χ1n) is 10.0. The highest BCUT2D eigenvalue weighted by atomic mass is 15.1. The Morgan fingerprint density at radius 2 is 1.76 bits per heavy atom. The Morgan fingerprint density at radius 3 is 2.69 bits per heavy atom. The van der Waals surface area contributed by atoms with Gasteiger partial charge in [0, 0.05) is 18.4 Å². The lowest BCUT2D eigenvalue weighted by atomic mass is 9.88. The quantitative estimate of drug-likeness (QED) is 0.484. The third kappa shape index (κ3) is 2.47. The van der Waals surface area contributed by atoms with Crippen LogP contribution in [0.25, 0.3) is 27.6 Å². The van der Waals surface area contributed by atoms with Crippen LogP contribution in [0.5, 0.6) is 0 Å². The molecule has 0 bridgehead atoms. The summed E-state index contributed by atoms with van der Waals surface area (Å²) in [6.07, 6.45) is 9.07. The van der Waals surface area contributed by atoms with E-state index in [0.29, 0.717) is 11.9 Å². The Kier molecular flexibility index (Phi) is 3.50. The Morgan fingerprint density at radius 1 is 0.931 bits per heavy atom. The number of rotatable bonds is 2. The number of aromatic nitrogens is 4. The number of hydrogen-bond acceptors (Lipinski definition) is 3. The van der Waals surface area contributed by atoms with Gasteiger partial charge in [-0.25, -0.2) is 9.97 Å². The normalized spacial score (nSPS) is 16.3. The topological polar surface area (TPSA) is 61.7 Å². The number of nitrogens with zero attached hydrogens (tertiary/aromatic N) is 4. The summed E-state index contributed by atoms with van der Waals surface area (Å²) in [4.78, 5) is 8.93. The molecule has 1 aliphatic rings. The molecule has 5 heteroatoms. The fourth-order valence-electron chi connectivity index (χ4n) is 4.76. The molecule has 2 N–H and O–H groups in total. The van der Waals surface area contributed by atoms with Crippen LogP contribution in [0.3, 0.4) is 0 Å². The van der Waals surface area contributed by atoms with Crippen LogP contribution in [0.1, 0.15) is 23.6 Å². The molecule has 3 aromatic heterocycles. The molecule has 2 aromatic carbocycles. The summed E-state index contributed by atoms with van der Waals surface area (Å²) < 4.78 is 4.51. The first-order valence-corrected chi connectivity index (χ1v) is 10.0. The third-order valence-corrected chi connectivity index (χ3v) is 6.19. The van der Waals surface area contributed by atoms with E-state index in [-0.39, 0.29) is 0 Å². The highest BCUT2D eigenvalue weighted by Crippen LogP contribution is 2.36. The van der Waals surface area contributed by atoms with E-state index in [0.717, 1.165) is 41.5 Å². The molecule has 142 valence electrons. The van der Waals surface area contributed by atoms with Gasteiger partial charge in [-0.3, -0.25) is 0 Å². The summed E-state index contributed by atoms with van der Waals surface area (Å²) in [5, 5.41) is 2.13. The Labute approximate surface area is 168 Å². The fourth-order valence-corrected chi connectivity index (χ4v) is 4.76. The minimum Gasteiger partial charge on any atom is -0.383 e. The van der Waals surface area contributed by atoms with Gasteiger partial charge in [-0.2, -0.15) is 0 Å². The van der Waals surface area contributed by atoms with Gasteiger partial charge in [-0.15, -0.1) is 0 Å². The summed E-state index contributed by atoms with van der Waals surface area (Å²) in [5.41, 5.74) is 12.4. The molecule has 5 aromatic rings. The average Bonchev–Trinajstić information content (AvgIpc) is 3.36. The van der Waals surface area contributed by atoms with E-state index in [9.17, 15) is 0 Å². The summed E-state index contributed by atoms with van der Waals surface area (Å²) in [6, 6.07) is 19.6. The minimum atomic E-state index is 0.359. The molecule has 0 radical (unpaired) electrons. The second-order valence-corrected chi connectivity index (χ2v) is 7.79. The molecule has 0 aliphatic heterocycles. The smallest absolute Gasteiger partial charge is 0.147 e. The van der Waals surface area contributed by atoms with Gasteiger partial charge in [0.1, 0.15) is 17.8 Å². The molecule has 1 aliphatic carbocycles. The van der Waals surface area contributed by atoms with Crippen LogP contribution < -0.4 is 5.73 Å². The van der Waals surface area contributed by atoms with Crippen molar-refractivity contribution in [3.8, 4) is 5.69 Å². The van der Waals surface area contributed by atoms with Crippen LogP contribution in [0.15, 0.2) is 73.3 Å². The lowest BCUT2D eigenvalue weighted by Gasteiger charge is -2.26. The van der Waals surface area contributed by atoms with Gasteiger partial charge in [0.25, 0.3) is 0 Å². The van der Waals surface area contributed by atoms with Crippen molar-refractivity contribution in [1.29, 1.82) is 0 Å². The van der Waals surface area contributed by atoms with Gasteiger partial charge in [0.2, 0.25) is 0 Å². The maximum Gasteiger partial charge on any atom is 0.147 e. The molecule has 6 rings (SSSR count). The van der Waals surface area contributed by atoms with Crippen molar-refractivity contribution < 1.29 is 0 Å². The predicted octanol–water partition coefficient (Wildman–Crippen LogP) is 4.69. The lowest BCUT2D eigenvalue weighted by molar-refractivity contribution is 0.452. The van der Waals surface area contributed by atoms with Gasteiger partial charge < -0.3 is 14.9 Å². The number of anilines is 1. The molecule has 0 spiro atoms. The number of nitrogen functional groups attached to an aromatic ring is 1. The van der Waals surface area contributed by atoms with Crippen LogP contribution in [-0.4, -0.2) is 19.1 Å². The minimum absolute atomic E-state index is 0.359. The van der Waals surface area contributed by atoms with Gasteiger partial charge in [0.05, 0.1) is 16.6 Å². The van der Waals surface area contributed by atoms with Crippen molar-refractivity contribution in [3.05, 3.63) is 84.4 Å². The summed E-state index contributed by atoms with van der Waals surface area (Å²) in [5.74, 6) is 0.526. The Balaban J connectivity index is 1.55. The summed E-state index contributed by atoms with van der Waals surface area (Å²) in [7, 11) is 0. The van der Waals surface area contributed by atoms with Crippen LogP contribution in [-0.2, 0) is 12.8 Å². The summed E-state index contributed by atoms with van der Waals surface area (Å²) >= 11 is 0. The molecule has 0 saturated carbocycles. The van der Waals surface area contributed by atoms with E-state index in [1.807, 2.05) is 0 Å². The fraction of sp³-hybridized carbons (Fsp3) is 0.167. The van der Waals surface area contributed by atoms with Crippen molar-refractivity contribution in [1.82, 2.24) is 19.1 Å². The van der Waals surface area contributed by atoms with Crippen LogP contribution in [0.2, 0.25) is 0 Å². The van der Waals surface area contributed by atoms with E-state index in [2.05, 4.69) is 86.1 Å². The summed E-state index contributed by atoms with van der Waals surface area (Å²) in [6.45, 7) is 0. The Bertz CT molecular complexity index is 1360. The molecule has 0 saturated heterocycles. The highest BCUT2D eigenvalue weighted by Gasteiger charge is 2.24. The van der Waals surface area contributed by atoms with Crippen molar-refractivity contribution in [2.75, 3.05) is 5.73 Å². The molecule has 5 nitrogen and oxygen atoms in total. The molecule has 0 amide bonds. The lowest BCUT2D eigenvalue weighted by Crippen LogP contribution is -2.18. The monoisotopic (exact) mass is 379 g/mol. The number of hydrogen-bond donors (Lipinski definition) is 1. The molecular weight excluding hydrogens is 358 g/mol. The standard InChI is InChI=1S/C24H21N5/c25-23-22-21(28-12-11-17-6-3-4-8-20(17)28)14-29(24(22)27-15-26-23)19-10-9-16-5-1-2-7-18(16)13-19/h1-8,11-12,14-15,19H,9-10,13H2,(H2,25,26,27). The second kappa shape index (κ2) is 6.21. The Hall–Kier alpha value is -3.60. The maximum absolute atomic E-state index is 6.35. The molecule has 29 heavy (non-hydrogen) atoms. The average molecular weight is 379 g/mol. The predicted molar refractivity (Wildman–Crippen MR) is 116 cm³/mol. The zero-order valence-electron chi connectivity index (χ0n) is 16.0. The highest BCUT2D eigenvalue weighted by molar-refractivity contribution is 5.96. The van der Waals surface area contributed by atoms with Crippen molar-refractivity contribution in [2.24, 2.45) is 0 Å². The zero-order chi connectivity index (χ0) is 19.4. The van der Waals surface area contributed by atoms with Gasteiger partial charge in [-0.05, 0) is 47.9 Å². The van der Waals surface area contributed by atoms with Crippen molar-refractivity contribution >= 4 is 27.8 Å². The molecule has 3 heterocycles. The van der Waals surface area contributed by atoms with Gasteiger partial charge in [-0.1, -0.05) is 42.5 Å². The molecule has 1 atom stereocenters. The van der Waals surface area contributed by atoms with E-state index >= 15 is 0 Å². The zero-order valence-corrected chi connectivity index (χ0v) is 16.0. The number of para-hydroxylation sites is 1. The van der Waals surface area contributed by atoms with E-state index in [4.69, 9.17) is 5.73 Å². The number of benzene rings is 2. The second-order valence-electron chi connectivity index (χ2n) is 7.79. The van der Waals surface area contributed by atoms with Crippen LogP contribution >= 0.6 is 0 Å². The number of aryl methyl sites for hydroxylation is 1. The first kappa shape index (κ1) is 16.4. The molecule has 0 fully saturated rings. The largest absolute Gasteiger partial charge is 0.383 e.